The van der Waals surface area contributed by atoms with E-state index in [9.17, 15) is 4.79 Å². The number of aromatic nitrogens is 1. The Bertz CT molecular complexity index is 1010. The number of amides is 2. The van der Waals surface area contributed by atoms with Gasteiger partial charge in [0, 0.05) is 36.8 Å². The van der Waals surface area contributed by atoms with Crippen LogP contribution in [0.1, 0.15) is 25.3 Å². The number of fused-ring (bicyclic) bond motifs is 1. The molecule has 1 aliphatic heterocycles. The fourth-order valence-corrected chi connectivity index (χ4v) is 4.31. The van der Waals surface area contributed by atoms with Gasteiger partial charge in [-0.1, -0.05) is 36.4 Å². The van der Waals surface area contributed by atoms with Crippen molar-refractivity contribution in [3.63, 3.8) is 0 Å². The molecule has 4 rings (SSSR count). The van der Waals surface area contributed by atoms with E-state index in [1.807, 2.05) is 17.9 Å². The highest BCUT2D eigenvalue weighted by Crippen LogP contribution is 2.36. The molecule has 0 spiro atoms. The van der Waals surface area contributed by atoms with Crippen molar-refractivity contribution in [3.05, 3.63) is 60.3 Å². The maximum Gasteiger partial charge on any atom is 0.317 e. The third kappa shape index (κ3) is 4.25. The number of carbonyl (C=O) groups excluding carboxylic acids is 1. The highest BCUT2D eigenvalue weighted by atomic mass is 16.5. The number of benzene rings is 2. The van der Waals surface area contributed by atoms with Crippen molar-refractivity contribution in [1.29, 1.82) is 0 Å². The van der Waals surface area contributed by atoms with Crippen LogP contribution in [0.5, 0.6) is 5.75 Å². The number of carbonyl (C=O) groups is 1. The Balaban J connectivity index is 1.44. The number of urea groups is 1. The molecular formula is C25H29N3O2. The lowest BCUT2D eigenvalue weighted by molar-refractivity contribution is 0.171. The van der Waals surface area contributed by atoms with Gasteiger partial charge in [-0.3, -0.25) is 4.98 Å². The number of methoxy groups -OCH3 is 1. The minimum absolute atomic E-state index is 0.0686. The summed E-state index contributed by atoms with van der Waals surface area (Å²) in [5.74, 6) is 1.44. The Labute approximate surface area is 178 Å². The zero-order valence-corrected chi connectivity index (χ0v) is 17.7. The van der Waals surface area contributed by atoms with E-state index in [0.29, 0.717) is 12.5 Å². The topological polar surface area (TPSA) is 54.5 Å². The van der Waals surface area contributed by atoms with E-state index in [1.165, 1.54) is 5.56 Å². The van der Waals surface area contributed by atoms with E-state index in [0.717, 1.165) is 60.1 Å². The van der Waals surface area contributed by atoms with Gasteiger partial charge < -0.3 is 15.0 Å². The molecule has 0 saturated carbocycles. The van der Waals surface area contributed by atoms with Crippen molar-refractivity contribution >= 4 is 16.9 Å². The Kier molecular flexibility index (Phi) is 6.17. The van der Waals surface area contributed by atoms with Crippen LogP contribution in [0.15, 0.2) is 54.7 Å². The van der Waals surface area contributed by atoms with Crippen molar-refractivity contribution in [2.45, 2.75) is 26.2 Å². The van der Waals surface area contributed by atoms with Gasteiger partial charge in [0.25, 0.3) is 0 Å². The van der Waals surface area contributed by atoms with Crippen LogP contribution in [-0.4, -0.2) is 42.7 Å². The minimum Gasteiger partial charge on any atom is -0.494 e. The fourth-order valence-electron chi connectivity index (χ4n) is 4.31. The first-order valence-corrected chi connectivity index (χ1v) is 10.7. The number of likely N-dealkylation sites (tertiary alicyclic amines) is 1. The van der Waals surface area contributed by atoms with Crippen molar-refractivity contribution in [2.24, 2.45) is 5.92 Å². The van der Waals surface area contributed by atoms with E-state index in [2.05, 4.69) is 52.8 Å². The predicted molar refractivity (Wildman–Crippen MR) is 121 cm³/mol. The molecule has 2 amide bonds. The smallest absolute Gasteiger partial charge is 0.317 e. The molecule has 30 heavy (non-hydrogen) atoms. The van der Waals surface area contributed by atoms with Crippen molar-refractivity contribution in [1.82, 2.24) is 15.2 Å². The van der Waals surface area contributed by atoms with E-state index in [-0.39, 0.29) is 6.03 Å². The first-order chi connectivity index (χ1) is 14.7. The second-order valence-electron chi connectivity index (χ2n) is 7.89. The molecule has 0 bridgehead atoms. The summed E-state index contributed by atoms with van der Waals surface area (Å²) in [6.07, 6.45) is 4.97. The van der Waals surface area contributed by atoms with Gasteiger partial charge in [-0.05, 0) is 55.4 Å². The number of hydrogen-bond donors (Lipinski definition) is 1. The maximum absolute atomic E-state index is 12.0. The summed E-state index contributed by atoms with van der Waals surface area (Å²) in [6, 6.07) is 17.0. The normalized spacial score (nSPS) is 14.7. The lowest BCUT2D eigenvalue weighted by Gasteiger charge is -2.32. The molecule has 0 aliphatic carbocycles. The summed E-state index contributed by atoms with van der Waals surface area (Å²) in [7, 11) is 1.70. The Morgan fingerprint density at radius 2 is 1.90 bits per heavy atom. The number of nitrogens with one attached hydrogen (secondary N) is 1. The molecule has 1 saturated heterocycles. The molecule has 5 nitrogen and oxygen atoms in total. The zero-order valence-electron chi connectivity index (χ0n) is 17.7. The number of nitrogens with zero attached hydrogens (tertiary/aromatic N) is 2. The molecule has 2 heterocycles. The molecule has 1 aromatic heterocycles. The number of rotatable bonds is 5. The standard InChI is InChI=1S/C25H29N3O2/c1-3-26-25(29)28-15-12-19(13-16-28)17-18-6-8-20(9-7-18)22-11-10-21-5-4-14-27-23(21)24(22)30-2/h4-11,14,19H,3,12-13,15-17H2,1-2H3,(H,26,29). The summed E-state index contributed by atoms with van der Waals surface area (Å²) >= 11 is 0. The Morgan fingerprint density at radius 3 is 2.60 bits per heavy atom. The van der Waals surface area contributed by atoms with Crippen LogP contribution in [0.2, 0.25) is 0 Å². The number of pyridine rings is 1. The van der Waals surface area contributed by atoms with Gasteiger partial charge in [-0.2, -0.15) is 0 Å². The molecule has 3 aromatic rings. The van der Waals surface area contributed by atoms with Crippen LogP contribution in [-0.2, 0) is 6.42 Å². The molecular weight excluding hydrogens is 374 g/mol. The van der Waals surface area contributed by atoms with Gasteiger partial charge in [0.2, 0.25) is 0 Å². The zero-order chi connectivity index (χ0) is 20.9. The average Bonchev–Trinajstić information content (AvgIpc) is 2.79. The van der Waals surface area contributed by atoms with E-state index in [4.69, 9.17) is 4.74 Å². The number of hydrogen-bond acceptors (Lipinski definition) is 3. The SMILES string of the molecule is CCNC(=O)N1CCC(Cc2ccc(-c3ccc4cccnc4c3OC)cc2)CC1. The first-order valence-electron chi connectivity index (χ1n) is 10.7. The fraction of sp³-hybridized carbons (Fsp3) is 0.360. The molecule has 1 fully saturated rings. The Hall–Kier alpha value is -3.08. The highest BCUT2D eigenvalue weighted by molar-refractivity contribution is 5.92. The monoisotopic (exact) mass is 403 g/mol. The molecule has 1 aliphatic rings. The highest BCUT2D eigenvalue weighted by Gasteiger charge is 2.22. The minimum atomic E-state index is 0.0686. The summed E-state index contributed by atoms with van der Waals surface area (Å²) < 4.78 is 5.71. The number of ether oxygens (including phenoxy) is 1. The number of piperidine rings is 1. The van der Waals surface area contributed by atoms with Gasteiger partial charge in [0.1, 0.15) is 5.52 Å². The van der Waals surface area contributed by atoms with Crippen molar-refractivity contribution in [3.8, 4) is 16.9 Å². The first kappa shape index (κ1) is 20.2. The van der Waals surface area contributed by atoms with Gasteiger partial charge in [0.15, 0.2) is 5.75 Å². The third-order valence-corrected chi connectivity index (χ3v) is 5.95. The van der Waals surface area contributed by atoms with Crippen LogP contribution in [0, 0.1) is 5.92 Å². The van der Waals surface area contributed by atoms with Crippen LogP contribution in [0.4, 0.5) is 4.79 Å². The summed E-state index contributed by atoms with van der Waals surface area (Å²) in [4.78, 5) is 18.4. The van der Waals surface area contributed by atoms with Gasteiger partial charge in [-0.25, -0.2) is 4.79 Å². The lowest BCUT2D eigenvalue weighted by Crippen LogP contribution is -2.44. The van der Waals surface area contributed by atoms with E-state index in [1.54, 1.807) is 13.3 Å². The van der Waals surface area contributed by atoms with Gasteiger partial charge >= 0.3 is 6.03 Å². The van der Waals surface area contributed by atoms with Crippen molar-refractivity contribution < 1.29 is 9.53 Å². The van der Waals surface area contributed by atoms with Gasteiger partial charge in [0.05, 0.1) is 7.11 Å². The molecule has 1 N–H and O–H groups in total. The third-order valence-electron chi connectivity index (χ3n) is 5.95. The maximum atomic E-state index is 12.0. The van der Waals surface area contributed by atoms with E-state index >= 15 is 0 Å². The summed E-state index contributed by atoms with van der Waals surface area (Å²) in [5.41, 5.74) is 4.42. The van der Waals surface area contributed by atoms with Crippen LogP contribution < -0.4 is 10.1 Å². The average molecular weight is 404 g/mol. The summed E-state index contributed by atoms with van der Waals surface area (Å²) in [5, 5.41) is 3.97. The van der Waals surface area contributed by atoms with Crippen LogP contribution in [0.25, 0.3) is 22.0 Å². The quantitative estimate of drug-likeness (QED) is 0.660. The second-order valence-corrected chi connectivity index (χ2v) is 7.89. The van der Waals surface area contributed by atoms with Crippen molar-refractivity contribution in [2.75, 3.05) is 26.7 Å². The molecule has 0 radical (unpaired) electrons. The summed E-state index contributed by atoms with van der Waals surface area (Å²) in [6.45, 7) is 4.33. The lowest BCUT2D eigenvalue weighted by atomic mass is 9.89. The van der Waals surface area contributed by atoms with Crippen LogP contribution >= 0.6 is 0 Å². The van der Waals surface area contributed by atoms with E-state index < -0.39 is 0 Å². The molecule has 0 atom stereocenters. The molecule has 156 valence electrons. The van der Waals surface area contributed by atoms with Gasteiger partial charge in [-0.15, -0.1) is 0 Å². The van der Waals surface area contributed by atoms with Crippen LogP contribution in [0.3, 0.4) is 0 Å². The predicted octanol–water partition coefficient (Wildman–Crippen LogP) is 4.89. The molecule has 2 aromatic carbocycles. The molecule has 0 unspecified atom stereocenters. The Morgan fingerprint density at radius 1 is 1.13 bits per heavy atom. The largest absolute Gasteiger partial charge is 0.494 e. The molecule has 5 heteroatoms. The second kappa shape index (κ2) is 9.16.